The minimum Gasteiger partial charge on any atom is -0.383 e. The zero-order chi connectivity index (χ0) is 51.5. The van der Waals surface area contributed by atoms with E-state index >= 15 is 8.78 Å². The van der Waals surface area contributed by atoms with Gasteiger partial charge in [-0.05, 0) is 82.1 Å². The molecular weight excluding hydrogens is 963 g/mol. The number of ether oxygens (including phenoxy) is 5. The summed E-state index contributed by atoms with van der Waals surface area (Å²) in [7, 11) is 0. The van der Waals surface area contributed by atoms with E-state index < -0.39 is 11.6 Å². The number of pyridine rings is 1. The van der Waals surface area contributed by atoms with Crippen LogP contribution < -0.4 is 31.5 Å². The van der Waals surface area contributed by atoms with Crippen molar-refractivity contribution >= 4 is 57.1 Å². The van der Waals surface area contributed by atoms with E-state index in [1.165, 1.54) is 17.4 Å². The number of thiazole rings is 1. The van der Waals surface area contributed by atoms with Gasteiger partial charge in [-0.25, -0.2) is 28.7 Å². The van der Waals surface area contributed by atoms with E-state index in [0.29, 0.717) is 126 Å². The second kappa shape index (κ2) is 27.9. The lowest BCUT2D eigenvalue weighted by atomic mass is 10.1. The van der Waals surface area contributed by atoms with Crippen molar-refractivity contribution in [3.8, 4) is 11.3 Å². The second-order valence-corrected chi connectivity index (χ2v) is 19.1. The molecule has 1 unspecified atom stereocenters. The van der Waals surface area contributed by atoms with Crippen molar-refractivity contribution in [2.24, 2.45) is 0 Å². The highest BCUT2D eigenvalue weighted by Crippen LogP contribution is 2.41. The van der Waals surface area contributed by atoms with Gasteiger partial charge in [-0.3, -0.25) is 24.7 Å². The summed E-state index contributed by atoms with van der Waals surface area (Å²) >= 11 is 1.44. The zero-order valence-electron chi connectivity index (χ0n) is 42.3. The van der Waals surface area contributed by atoms with Gasteiger partial charge in [-0.2, -0.15) is 0 Å². The van der Waals surface area contributed by atoms with Crippen LogP contribution in [0.4, 0.5) is 42.7 Å². The summed E-state index contributed by atoms with van der Waals surface area (Å²) in [4.78, 5) is 50.0. The first-order valence-electron chi connectivity index (χ1n) is 24.7. The number of rotatable bonds is 29. The molecule has 3 aromatic heterocycles. The fourth-order valence-corrected chi connectivity index (χ4v) is 9.02. The van der Waals surface area contributed by atoms with E-state index in [2.05, 4.69) is 56.3 Å². The number of piperazine rings is 1. The molecule has 1 atom stereocenters. The number of anilines is 6. The summed E-state index contributed by atoms with van der Waals surface area (Å²) in [6, 6.07) is 12.6. The lowest BCUT2D eigenvalue weighted by molar-refractivity contribution is -0.123. The fraction of sp³-hybridized carbons (Fsp3) is 0.490. The van der Waals surface area contributed by atoms with Crippen molar-refractivity contribution < 1.29 is 42.1 Å². The van der Waals surface area contributed by atoms with E-state index in [0.717, 1.165) is 54.1 Å². The van der Waals surface area contributed by atoms with Gasteiger partial charge in [0, 0.05) is 85.9 Å². The number of aromatic nitrogens is 4. The molecule has 19 nitrogen and oxygen atoms in total. The van der Waals surface area contributed by atoms with Crippen molar-refractivity contribution in [2.45, 2.75) is 53.4 Å². The smallest absolute Gasteiger partial charge is 0.257 e. The Kier molecular flexibility index (Phi) is 20.9. The maximum absolute atomic E-state index is 15.2. The first-order chi connectivity index (χ1) is 35.4. The molecule has 0 radical (unpaired) electrons. The van der Waals surface area contributed by atoms with E-state index in [1.807, 2.05) is 63.8 Å². The molecule has 2 amide bonds. The molecule has 22 heteroatoms. The number of carbonyl (C=O) groups is 2. The van der Waals surface area contributed by atoms with Crippen LogP contribution in [-0.4, -0.2) is 166 Å². The number of aryl methyl sites for hydroxylation is 2. The van der Waals surface area contributed by atoms with Crippen LogP contribution >= 0.6 is 11.3 Å². The summed E-state index contributed by atoms with van der Waals surface area (Å²) in [5.41, 5.74) is 4.78. The topological polar surface area (TPSA) is 202 Å². The fourth-order valence-electron chi connectivity index (χ4n) is 8.36. The van der Waals surface area contributed by atoms with Crippen LogP contribution in [0.5, 0.6) is 0 Å². The monoisotopic (exact) mass is 1030 g/mol. The molecule has 0 aliphatic carbocycles. The van der Waals surface area contributed by atoms with E-state index in [4.69, 9.17) is 23.7 Å². The van der Waals surface area contributed by atoms with Crippen molar-refractivity contribution in [3.05, 3.63) is 94.3 Å². The number of benzene rings is 2. The molecule has 0 bridgehead atoms. The van der Waals surface area contributed by atoms with Crippen LogP contribution in [0.2, 0.25) is 0 Å². The van der Waals surface area contributed by atoms with Gasteiger partial charge < -0.3 is 49.9 Å². The van der Waals surface area contributed by atoms with Crippen LogP contribution in [0.1, 0.15) is 47.1 Å². The molecule has 7 rings (SSSR count). The number of amides is 2. The molecular formula is C51H68F2N12O7S. The maximum atomic E-state index is 15.2. The summed E-state index contributed by atoms with van der Waals surface area (Å²) in [6.07, 6.45) is 4.48. The van der Waals surface area contributed by atoms with Crippen molar-refractivity contribution in [2.75, 3.05) is 138 Å². The molecule has 5 N–H and O–H groups in total. The third kappa shape index (κ3) is 16.8. The molecule has 1 fully saturated rings. The summed E-state index contributed by atoms with van der Waals surface area (Å²) in [5, 5.41) is 15.9. The number of hydrogen-bond donors (Lipinski definition) is 5. The maximum Gasteiger partial charge on any atom is 0.257 e. The third-order valence-electron chi connectivity index (χ3n) is 11.9. The van der Waals surface area contributed by atoms with Crippen molar-refractivity contribution in [1.29, 1.82) is 0 Å². The van der Waals surface area contributed by atoms with Gasteiger partial charge in [-0.1, -0.05) is 6.07 Å². The number of hydrogen-bond acceptors (Lipinski definition) is 18. The average molecular weight is 1030 g/mol. The highest BCUT2D eigenvalue weighted by molar-refractivity contribution is 7.15. The van der Waals surface area contributed by atoms with Gasteiger partial charge in [0.2, 0.25) is 11.9 Å². The molecule has 5 aromatic rings. The van der Waals surface area contributed by atoms with Gasteiger partial charge >= 0.3 is 0 Å². The zero-order valence-corrected chi connectivity index (χ0v) is 43.1. The number of carbonyl (C=O) groups excluding carboxylic acids is 2. The molecule has 2 aliphatic rings. The standard InChI is InChI=1S/C51H68F2N12O7S/c1-34(2)65-37(5)59-48-42(52)27-39(28-44(48)65)47-43(53)31-57-50(61-47)60-45-9-6-38(30-56-45)32-63-12-14-64(15-13-63)33-46(66)55-11-17-69-19-21-71-23-25-72-24-22-70-20-18-68-16-10-54-40-7-8-41(35(3)26-40)49(67)62-51-58-29-36(4)73-51/h6-9,26-31,34,37,54,59H,10-25,32-33H2,1-5H3,(H,55,66)(H,58,62,67)(H,56,57,60,61). The Labute approximate surface area is 429 Å². The number of fused-ring (bicyclic) bond motifs is 1. The lowest BCUT2D eigenvalue weighted by Crippen LogP contribution is -2.49. The molecule has 2 aliphatic heterocycles. The van der Waals surface area contributed by atoms with Crippen LogP contribution in [-0.2, 0) is 35.0 Å². The summed E-state index contributed by atoms with van der Waals surface area (Å²) < 4.78 is 58.2. The quantitative estimate of drug-likeness (QED) is 0.0334. The van der Waals surface area contributed by atoms with Gasteiger partial charge in [0.15, 0.2) is 10.9 Å². The molecule has 394 valence electrons. The average Bonchev–Trinajstić information content (AvgIpc) is 3.95. The normalized spacial score (nSPS) is 14.8. The van der Waals surface area contributed by atoms with Crippen LogP contribution in [0.15, 0.2) is 61.1 Å². The van der Waals surface area contributed by atoms with Crippen LogP contribution in [0.3, 0.4) is 0 Å². The number of halogens is 2. The minimum absolute atomic E-state index is 0.00907. The lowest BCUT2D eigenvalue weighted by Gasteiger charge is -2.34. The molecule has 1 saturated heterocycles. The Morgan fingerprint density at radius 3 is 2.08 bits per heavy atom. The first-order valence-corrected chi connectivity index (χ1v) is 25.5. The van der Waals surface area contributed by atoms with Crippen LogP contribution in [0, 0.1) is 25.5 Å². The molecule has 73 heavy (non-hydrogen) atoms. The largest absolute Gasteiger partial charge is 0.383 e. The third-order valence-corrected chi connectivity index (χ3v) is 12.8. The Bertz CT molecular complexity index is 2550. The number of nitrogens with zero attached hydrogens (tertiary/aromatic N) is 7. The second-order valence-electron chi connectivity index (χ2n) is 17.9. The summed E-state index contributed by atoms with van der Waals surface area (Å²) in [6.45, 7) is 19.6. The first kappa shape index (κ1) is 54.8. The molecule has 0 saturated carbocycles. The molecule has 5 heterocycles. The number of nitrogens with one attached hydrogen (secondary N) is 5. The highest BCUT2D eigenvalue weighted by atomic mass is 32.1. The van der Waals surface area contributed by atoms with Crippen molar-refractivity contribution in [3.63, 3.8) is 0 Å². The van der Waals surface area contributed by atoms with Crippen LogP contribution in [0.25, 0.3) is 11.3 Å². The predicted molar refractivity (Wildman–Crippen MR) is 279 cm³/mol. The van der Waals surface area contributed by atoms with Gasteiger partial charge in [-0.15, -0.1) is 11.3 Å². The molecule has 2 aromatic carbocycles. The Morgan fingerprint density at radius 1 is 0.781 bits per heavy atom. The van der Waals surface area contributed by atoms with Gasteiger partial charge in [0.05, 0.1) is 96.4 Å². The SMILES string of the molecule is Cc1cnc(NC(=O)c2ccc(NCCOCCOCCOCCOCCOCCNC(=O)CN3CCN(Cc4ccc(Nc5ncc(F)c(-c6cc(F)c7c(c6)N(C(C)C)C(C)N7)n5)nc4)CC3)cc2C)s1. The molecule has 0 spiro atoms. The van der Waals surface area contributed by atoms with E-state index in [9.17, 15) is 9.59 Å². The van der Waals surface area contributed by atoms with Crippen molar-refractivity contribution in [1.82, 2.24) is 35.1 Å². The van der Waals surface area contributed by atoms with E-state index in [-0.39, 0.29) is 35.7 Å². The predicted octanol–water partition coefficient (Wildman–Crippen LogP) is 6.30. The van der Waals surface area contributed by atoms with Gasteiger partial charge in [0.1, 0.15) is 17.3 Å². The Hall–Kier alpha value is -5.98. The Balaban J connectivity index is 0.650. The van der Waals surface area contributed by atoms with Gasteiger partial charge in [0.25, 0.3) is 5.91 Å². The Morgan fingerprint density at radius 2 is 1.45 bits per heavy atom. The highest BCUT2D eigenvalue weighted by Gasteiger charge is 2.31. The minimum atomic E-state index is -0.657. The summed E-state index contributed by atoms with van der Waals surface area (Å²) in [5.74, 6) is -0.710. The van der Waals surface area contributed by atoms with E-state index in [1.54, 1.807) is 24.5 Å².